The number of nitrogen functional groups attached to an aromatic ring is 1. The third kappa shape index (κ3) is 4.80. The summed E-state index contributed by atoms with van der Waals surface area (Å²) < 4.78 is 7.78. The van der Waals surface area contributed by atoms with Gasteiger partial charge >= 0.3 is 6.01 Å². The Balaban J connectivity index is 1.64. The van der Waals surface area contributed by atoms with Gasteiger partial charge in [0.15, 0.2) is 0 Å². The first-order valence-electron chi connectivity index (χ1n) is 12.1. The Morgan fingerprint density at radius 3 is 2.51 bits per heavy atom. The Labute approximate surface area is 230 Å². The molecule has 196 valence electrons. The number of carbonyl (C=O) groups excluding carboxylic acids is 1. The molecule has 0 atom stereocenters. The van der Waals surface area contributed by atoms with Gasteiger partial charge in [0.25, 0.3) is 5.91 Å². The molecule has 2 aromatic carbocycles. The van der Waals surface area contributed by atoms with E-state index in [-0.39, 0.29) is 11.9 Å². The lowest BCUT2D eigenvalue weighted by molar-refractivity contribution is -0.112. The number of hydrogen-bond acceptors (Lipinski definition) is 7. The van der Waals surface area contributed by atoms with Crippen LogP contribution in [0.3, 0.4) is 0 Å². The van der Waals surface area contributed by atoms with Gasteiger partial charge in [0.1, 0.15) is 23.5 Å². The number of amides is 1. The molecule has 5 aromatic rings. The molecule has 0 aliphatic carbocycles. The second-order valence-electron chi connectivity index (χ2n) is 9.18. The molecule has 0 radical (unpaired) electrons. The van der Waals surface area contributed by atoms with Crippen LogP contribution in [-0.4, -0.2) is 30.4 Å². The van der Waals surface area contributed by atoms with Crippen molar-refractivity contribution >= 4 is 40.0 Å². The second kappa shape index (κ2) is 10.2. The highest BCUT2D eigenvalue weighted by Gasteiger charge is 2.24. The average Bonchev–Trinajstić information content (AvgIpc) is 3.20. The van der Waals surface area contributed by atoms with Crippen LogP contribution in [0.15, 0.2) is 67.1 Å². The SMILES string of the molecule is C=C(C)C(=O)Nc1ccc(-c2c(-c3ccc(Oc4nccc(C)n4)cc3)c3c(N)ncnc3n2C)c(Cl)c1C. The van der Waals surface area contributed by atoms with Crippen molar-refractivity contribution in [3.63, 3.8) is 0 Å². The maximum Gasteiger partial charge on any atom is 0.322 e. The number of ether oxygens (including phenoxy) is 1. The van der Waals surface area contributed by atoms with Gasteiger partial charge in [0.05, 0.1) is 16.1 Å². The number of hydrogen-bond donors (Lipinski definition) is 2. The van der Waals surface area contributed by atoms with E-state index in [4.69, 9.17) is 22.1 Å². The Bertz CT molecular complexity index is 1760. The van der Waals surface area contributed by atoms with Gasteiger partial charge in [-0.2, -0.15) is 0 Å². The van der Waals surface area contributed by atoms with Gasteiger partial charge in [0.2, 0.25) is 0 Å². The van der Waals surface area contributed by atoms with Gasteiger partial charge < -0.3 is 20.4 Å². The minimum Gasteiger partial charge on any atom is -0.424 e. The van der Waals surface area contributed by atoms with Crippen LogP contribution in [0.5, 0.6) is 11.8 Å². The van der Waals surface area contributed by atoms with Crippen molar-refractivity contribution in [3.05, 3.63) is 83.4 Å². The van der Waals surface area contributed by atoms with Crippen molar-refractivity contribution < 1.29 is 9.53 Å². The van der Waals surface area contributed by atoms with Crippen LogP contribution >= 0.6 is 11.6 Å². The molecule has 3 heterocycles. The molecule has 3 N–H and O–H groups in total. The Morgan fingerprint density at radius 2 is 1.82 bits per heavy atom. The molecule has 0 fully saturated rings. The predicted octanol–water partition coefficient (Wildman–Crippen LogP) is 6.25. The third-order valence-electron chi connectivity index (χ3n) is 6.40. The summed E-state index contributed by atoms with van der Waals surface area (Å²) in [5.41, 5.74) is 12.8. The van der Waals surface area contributed by atoms with E-state index >= 15 is 0 Å². The number of nitrogens with two attached hydrogens (primary N) is 1. The summed E-state index contributed by atoms with van der Waals surface area (Å²) in [4.78, 5) is 29.4. The molecule has 10 heteroatoms. The largest absolute Gasteiger partial charge is 0.424 e. The molecule has 0 saturated carbocycles. The fourth-order valence-electron chi connectivity index (χ4n) is 4.37. The number of benzene rings is 2. The number of aryl methyl sites for hydroxylation is 2. The highest BCUT2D eigenvalue weighted by molar-refractivity contribution is 6.35. The molecule has 0 spiro atoms. The van der Waals surface area contributed by atoms with Gasteiger partial charge in [-0.05, 0) is 62.2 Å². The van der Waals surface area contributed by atoms with Gasteiger partial charge in [-0.15, -0.1) is 0 Å². The minimum atomic E-state index is -0.270. The van der Waals surface area contributed by atoms with E-state index in [1.54, 1.807) is 19.2 Å². The Morgan fingerprint density at radius 1 is 1.08 bits per heavy atom. The van der Waals surface area contributed by atoms with Crippen LogP contribution < -0.4 is 15.8 Å². The number of rotatable bonds is 6. The second-order valence-corrected chi connectivity index (χ2v) is 9.56. The summed E-state index contributed by atoms with van der Waals surface area (Å²) >= 11 is 6.93. The normalized spacial score (nSPS) is 11.0. The Hall–Kier alpha value is -4.76. The van der Waals surface area contributed by atoms with Crippen LogP contribution in [-0.2, 0) is 11.8 Å². The number of fused-ring (bicyclic) bond motifs is 1. The first-order valence-corrected chi connectivity index (χ1v) is 12.5. The molecular weight excluding hydrogens is 514 g/mol. The van der Waals surface area contributed by atoms with E-state index in [1.165, 1.54) is 6.33 Å². The van der Waals surface area contributed by atoms with Crippen LogP contribution in [0.1, 0.15) is 18.2 Å². The lowest BCUT2D eigenvalue weighted by atomic mass is 9.97. The van der Waals surface area contributed by atoms with E-state index in [0.29, 0.717) is 38.9 Å². The molecule has 0 unspecified atom stereocenters. The fourth-order valence-corrected chi connectivity index (χ4v) is 4.63. The van der Waals surface area contributed by atoms with Crippen molar-refractivity contribution in [2.24, 2.45) is 7.05 Å². The molecule has 1 amide bonds. The number of nitrogens with zero attached hydrogens (tertiary/aromatic N) is 5. The molecule has 0 saturated heterocycles. The first kappa shape index (κ1) is 25.9. The van der Waals surface area contributed by atoms with Crippen LogP contribution in [0.25, 0.3) is 33.4 Å². The number of nitrogens with one attached hydrogen (secondary N) is 1. The van der Waals surface area contributed by atoms with E-state index in [2.05, 4.69) is 31.8 Å². The summed E-state index contributed by atoms with van der Waals surface area (Å²) in [6, 6.07) is 13.3. The van der Waals surface area contributed by atoms with Crippen molar-refractivity contribution in [1.29, 1.82) is 0 Å². The zero-order valence-corrected chi connectivity index (χ0v) is 22.7. The number of anilines is 2. The fraction of sp³-hybridized carbons (Fsp3) is 0.138. The van der Waals surface area contributed by atoms with E-state index in [9.17, 15) is 4.79 Å². The van der Waals surface area contributed by atoms with Crippen LogP contribution in [0.4, 0.5) is 11.5 Å². The molecule has 0 aliphatic rings. The average molecular weight is 540 g/mol. The molecule has 39 heavy (non-hydrogen) atoms. The van der Waals surface area contributed by atoms with Crippen molar-refractivity contribution in [3.8, 4) is 34.1 Å². The van der Waals surface area contributed by atoms with Gasteiger partial charge in [-0.25, -0.2) is 19.9 Å². The van der Waals surface area contributed by atoms with Gasteiger partial charge in [-0.1, -0.05) is 30.3 Å². The summed E-state index contributed by atoms with van der Waals surface area (Å²) in [7, 11) is 1.91. The molecule has 3 aromatic heterocycles. The lowest BCUT2D eigenvalue weighted by Crippen LogP contribution is -2.13. The summed E-state index contributed by atoms with van der Waals surface area (Å²) in [5.74, 6) is 0.666. The number of aromatic nitrogens is 5. The number of carbonyl (C=O) groups is 1. The minimum absolute atomic E-state index is 0.270. The third-order valence-corrected chi connectivity index (χ3v) is 6.89. The van der Waals surface area contributed by atoms with Crippen LogP contribution in [0.2, 0.25) is 5.02 Å². The smallest absolute Gasteiger partial charge is 0.322 e. The predicted molar refractivity (Wildman–Crippen MR) is 154 cm³/mol. The van der Waals surface area contributed by atoms with Crippen LogP contribution in [0, 0.1) is 13.8 Å². The topological polar surface area (TPSA) is 121 Å². The summed E-state index contributed by atoms with van der Waals surface area (Å²) in [6.45, 7) is 9.08. The van der Waals surface area contributed by atoms with Gasteiger partial charge in [-0.3, -0.25) is 4.79 Å². The van der Waals surface area contributed by atoms with E-state index in [1.807, 2.05) is 61.9 Å². The molecule has 9 nitrogen and oxygen atoms in total. The zero-order chi connectivity index (χ0) is 27.8. The summed E-state index contributed by atoms with van der Waals surface area (Å²) in [6.07, 6.45) is 3.09. The Kier molecular flexibility index (Phi) is 6.76. The number of halogens is 1. The monoisotopic (exact) mass is 539 g/mol. The molecular formula is C29H26ClN7O2. The molecule has 5 rings (SSSR count). The maximum absolute atomic E-state index is 12.2. The highest BCUT2D eigenvalue weighted by atomic mass is 35.5. The van der Waals surface area contributed by atoms with Crippen molar-refractivity contribution in [2.75, 3.05) is 11.1 Å². The summed E-state index contributed by atoms with van der Waals surface area (Å²) in [5, 5.41) is 4.06. The van der Waals surface area contributed by atoms with E-state index < -0.39 is 0 Å². The van der Waals surface area contributed by atoms with Crippen molar-refractivity contribution in [2.45, 2.75) is 20.8 Å². The van der Waals surface area contributed by atoms with Crippen molar-refractivity contribution in [1.82, 2.24) is 24.5 Å². The highest BCUT2D eigenvalue weighted by Crippen LogP contribution is 2.45. The quantitative estimate of drug-likeness (QED) is 0.244. The molecule has 0 aliphatic heterocycles. The lowest BCUT2D eigenvalue weighted by Gasteiger charge is -2.16. The zero-order valence-electron chi connectivity index (χ0n) is 21.9. The standard InChI is InChI=1S/C29H26ClN7O2/c1-15(2)28(38)36-21-11-10-20(24(30)17(21)4)25-22(23-26(31)33-14-34-27(23)37(25)5)18-6-8-19(9-7-18)39-29-32-13-12-16(3)35-29/h6-14H,1H2,2-5H3,(H,36,38)(H2,31,33,34). The van der Waals surface area contributed by atoms with E-state index in [0.717, 1.165) is 33.6 Å². The molecule has 0 bridgehead atoms. The van der Waals surface area contributed by atoms with Gasteiger partial charge in [0, 0.05) is 41.3 Å². The first-order chi connectivity index (χ1) is 18.7. The maximum atomic E-state index is 12.2.